The van der Waals surface area contributed by atoms with Crippen molar-refractivity contribution in [2.24, 2.45) is 0 Å². The van der Waals surface area contributed by atoms with Crippen LogP contribution in [0.15, 0.2) is 30.3 Å². The Hall–Kier alpha value is -1.36. The molecule has 7 heteroatoms. The number of hydrogen-bond acceptors (Lipinski definition) is 5. The average molecular weight is 343 g/mol. The number of hydrogen-bond donors (Lipinski definition) is 0. The van der Waals surface area contributed by atoms with E-state index in [0.29, 0.717) is 0 Å². The van der Waals surface area contributed by atoms with Crippen LogP contribution < -0.4 is 0 Å². The fourth-order valence-corrected chi connectivity index (χ4v) is 3.41. The van der Waals surface area contributed by atoms with Crippen molar-refractivity contribution in [3.8, 4) is 0 Å². The molecule has 0 heterocycles. The topological polar surface area (TPSA) is 65.1 Å². The molecule has 0 fully saturated rings. The minimum absolute atomic E-state index is 0.0764. The van der Waals surface area contributed by atoms with Gasteiger partial charge < -0.3 is 4.74 Å². The van der Waals surface area contributed by atoms with Crippen LogP contribution in [0.5, 0.6) is 0 Å². The number of rotatable bonds is 7. The van der Waals surface area contributed by atoms with Crippen molar-refractivity contribution in [2.45, 2.75) is 46.8 Å². The largest absolute Gasteiger partial charge is 0.443 e. The highest BCUT2D eigenvalue weighted by Gasteiger charge is 2.39. The van der Waals surface area contributed by atoms with E-state index in [1.807, 2.05) is 30.3 Å². The van der Waals surface area contributed by atoms with Crippen LogP contribution in [-0.2, 0) is 24.9 Å². The maximum atomic E-state index is 13.0. The molecule has 0 unspecified atom stereocenters. The van der Waals surface area contributed by atoms with Crippen molar-refractivity contribution in [1.82, 2.24) is 4.67 Å². The standard InChI is InChI=1S/C16H26NO5P/c1-6-20-23(19,21-7-2)17(15(18)22-16(3,4)5)13-14-11-9-8-10-12-14/h8-12H,6-7,13H2,1-5H3. The van der Waals surface area contributed by atoms with Crippen molar-refractivity contribution in [3.63, 3.8) is 0 Å². The third-order valence-corrected chi connectivity index (χ3v) is 4.72. The van der Waals surface area contributed by atoms with E-state index in [4.69, 9.17) is 13.8 Å². The van der Waals surface area contributed by atoms with Gasteiger partial charge in [0.15, 0.2) is 0 Å². The zero-order valence-corrected chi connectivity index (χ0v) is 15.3. The molecule has 0 bridgehead atoms. The molecule has 6 nitrogen and oxygen atoms in total. The lowest BCUT2D eigenvalue weighted by Crippen LogP contribution is -2.35. The van der Waals surface area contributed by atoms with Crippen LogP contribution in [0.3, 0.4) is 0 Å². The van der Waals surface area contributed by atoms with E-state index in [0.717, 1.165) is 10.2 Å². The Labute approximate surface area is 138 Å². The summed E-state index contributed by atoms with van der Waals surface area (Å²) in [6, 6.07) is 9.22. The van der Waals surface area contributed by atoms with E-state index in [2.05, 4.69) is 0 Å². The molecule has 1 aromatic rings. The highest BCUT2D eigenvalue weighted by atomic mass is 31.2. The molecule has 1 aromatic carbocycles. The van der Waals surface area contributed by atoms with E-state index in [1.54, 1.807) is 34.6 Å². The lowest BCUT2D eigenvalue weighted by molar-refractivity contribution is 0.0306. The summed E-state index contributed by atoms with van der Waals surface area (Å²) in [7, 11) is -3.78. The molecule has 130 valence electrons. The summed E-state index contributed by atoms with van der Waals surface area (Å²) in [5.41, 5.74) is 0.0907. The number of amides is 1. The highest BCUT2D eigenvalue weighted by molar-refractivity contribution is 7.52. The van der Waals surface area contributed by atoms with E-state index in [9.17, 15) is 9.36 Å². The van der Waals surface area contributed by atoms with Crippen LogP contribution in [0.4, 0.5) is 4.79 Å². The van der Waals surface area contributed by atoms with Crippen molar-refractivity contribution in [2.75, 3.05) is 13.2 Å². The van der Waals surface area contributed by atoms with E-state index >= 15 is 0 Å². The summed E-state index contributed by atoms with van der Waals surface area (Å²) >= 11 is 0. The van der Waals surface area contributed by atoms with Crippen LogP contribution in [0, 0.1) is 0 Å². The maximum Gasteiger partial charge on any atom is 0.440 e. The normalized spacial score (nSPS) is 12.0. The van der Waals surface area contributed by atoms with Gasteiger partial charge in [-0.3, -0.25) is 9.05 Å². The lowest BCUT2D eigenvalue weighted by Gasteiger charge is -2.31. The number of benzene rings is 1. The third-order valence-electron chi connectivity index (χ3n) is 2.66. The molecule has 0 spiro atoms. The van der Waals surface area contributed by atoms with Gasteiger partial charge in [0.25, 0.3) is 0 Å². The van der Waals surface area contributed by atoms with E-state index in [1.165, 1.54) is 0 Å². The van der Waals surface area contributed by atoms with Crippen molar-refractivity contribution in [3.05, 3.63) is 35.9 Å². The lowest BCUT2D eigenvalue weighted by atomic mass is 10.2. The molecule has 0 saturated carbocycles. The van der Waals surface area contributed by atoms with Gasteiger partial charge in [0, 0.05) is 0 Å². The first-order valence-corrected chi connectivity index (χ1v) is 9.15. The van der Waals surface area contributed by atoms with Crippen molar-refractivity contribution < 1.29 is 23.1 Å². The summed E-state index contributed by atoms with van der Waals surface area (Å²) in [5.74, 6) is 0. The fourth-order valence-electron chi connectivity index (χ4n) is 1.83. The van der Waals surface area contributed by atoms with Crippen LogP contribution in [-0.4, -0.2) is 29.6 Å². The monoisotopic (exact) mass is 343 g/mol. The highest BCUT2D eigenvalue weighted by Crippen LogP contribution is 2.53. The third kappa shape index (κ3) is 6.34. The van der Waals surface area contributed by atoms with Crippen LogP contribution in [0.1, 0.15) is 40.2 Å². The van der Waals surface area contributed by atoms with Crippen molar-refractivity contribution in [1.29, 1.82) is 0 Å². The van der Waals surface area contributed by atoms with Gasteiger partial charge in [-0.05, 0) is 40.2 Å². The van der Waals surface area contributed by atoms with Gasteiger partial charge >= 0.3 is 13.8 Å². The van der Waals surface area contributed by atoms with Crippen LogP contribution in [0.2, 0.25) is 0 Å². The Bertz CT molecular complexity index is 531. The molecule has 23 heavy (non-hydrogen) atoms. The summed E-state index contributed by atoms with van der Waals surface area (Å²) < 4.78 is 30.0. The van der Waals surface area contributed by atoms with Gasteiger partial charge in [0.05, 0.1) is 19.8 Å². The Kier molecular flexibility index (Phi) is 7.26. The van der Waals surface area contributed by atoms with Gasteiger partial charge in [-0.25, -0.2) is 14.0 Å². The predicted molar refractivity (Wildman–Crippen MR) is 89.1 cm³/mol. The molecule has 0 aromatic heterocycles. The Morgan fingerprint density at radius 2 is 1.61 bits per heavy atom. The Morgan fingerprint density at radius 3 is 2.04 bits per heavy atom. The molecule has 0 N–H and O–H groups in total. The Morgan fingerprint density at radius 1 is 1.09 bits per heavy atom. The summed E-state index contributed by atoms with van der Waals surface area (Å²) in [5, 5.41) is 0. The molecule has 1 amide bonds. The Balaban J connectivity index is 3.13. The minimum Gasteiger partial charge on any atom is -0.443 e. The molecular weight excluding hydrogens is 317 g/mol. The molecular formula is C16H26NO5P. The van der Waals surface area contributed by atoms with Gasteiger partial charge in [0.2, 0.25) is 0 Å². The zero-order valence-electron chi connectivity index (χ0n) is 14.4. The molecule has 0 atom stereocenters. The average Bonchev–Trinajstić information content (AvgIpc) is 2.44. The van der Waals surface area contributed by atoms with E-state index < -0.39 is 19.4 Å². The van der Waals surface area contributed by atoms with E-state index in [-0.39, 0.29) is 19.8 Å². The summed E-state index contributed by atoms with van der Waals surface area (Å²) in [6.45, 7) is 9.03. The first kappa shape index (κ1) is 19.7. The number of ether oxygens (including phenoxy) is 1. The minimum atomic E-state index is -3.78. The number of carbonyl (C=O) groups is 1. The molecule has 0 radical (unpaired) electrons. The van der Waals surface area contributed by atoms with Gasteiger partial charge in [-0.15, -0.1) is 0 Å². The quantitative estimate of drug-likeness (QED) is 0.677. The smallest absolute Gasteiger partial charge is 0.440 e. The first-order valence-electron chi connectivity index (χ1n) is 7.66. The zero-order chi connectivity index (χ0) is 17.5. The van der Waals surface area contributed by atoms with Crippen LogP contribution >= 0.6 is 7.75 Å². The predicted octanol–water partition coefficient (Wildman–Crippen LogP) is 4.60. The van der Waals surface area contributed by atoms with Gasteiger partial charge in [0.1, 0.15) is 5.60 Å². The fraction of sp³-hybridized carbons (Fsp3) is 0.562. The van der Waals surface area contributed by atoms with Crippen molar-refractivity contribution >= 4 is 13.8 Å². The first-order chi connectivity index (χ1) is 10.7. The number of carbonyl (C=O) groups excluding carboxylic acids is 1. The second kappa shape index (κ2) is 8.48. The SMILES string of the molecule is CCOP(=O)(OCC)N(Cc1ccccc1)C(=O)OC(C)(C)C. The summed E-state index contributed by atoms with van der Waals surface area (Å²) in [4.78, 5) is 12.5. The molecule has 0 aliphatic carbocycles. The molecule has 0 saturated heterocycles. The van der Waals surface area contributed by atoms with Gasteiger partial charge in [-0.1, -0.05) is 30.3 Å². The molecule has 1 rings (SSSR count). The molecule has 0 aliphatic rings. The molecule has 0 aliphatic heterocycles. The number of nitrogens with zero attached hydrogens (tertiary/aromatic N) is 1. The second-order valence-electron chi connectivity index (χ2n) is 5.83. The maximum absolute atomic E-state index is 13.0. The second-order valence-corrected chi connectivity index (χ2v) is 7.76. The van der Waals surface area contributed by atoms with Gasteiger partial charge in [-0.2, -0.15) is 0 Å². The van der Waals surface area contributed by atoms with Crippen LogP contribution in [0.25, 0.3) is 0 Å². The summed E-state index contributed by atoms with van der Waals surface area (Å²) in [6.07, 6.45) is -0.730.